The molecule has 1 atom stereocenters. The third kappa shape index (κ3) is 2.02. The Labute approximate surface area is 117 Å². The maximum Gasteiger partial charge on any atom is 0.231 e. The Morgan fingerprint density at radius 1 is 1.30 bits per heavy atom. The number of piperidine rings is 1. The van der Waals surface area contributed by atoms with Gasteiger partial charge in [0, 0.05) is 18.2 Å². The molecular formula is C15H19N3O2. The number of imidazole rings is 1. The summed E-state index contributed by atoms with van der Waals surface area (Å²) in [6.07, 6.45) is 3.93. The molecule has 5 nitrogen and oxygen atoms in total. The molecule has 1 aromatic heterocycles. The van der Waals surface area contributed by atoms with Crippen LogP contribution in [-0.2, 0) is 6.54 Å². The van der Waals surface area contributed by atoms with Gasteiger partial charge in [-0.15, -0.1) is 0 Å². The van der Waals surface area contributed by atoms with E-state index >= 15 is 0 Å². The van der Waals surface area contributed by atoms with Gasteiger partial charge in [-0.05, 0) is 26.3 Å². The molecule has 0 aliphatic carbocycles. The summed E-state index contributed by atoms with van der Waals surface area (Å²) in [5, 5.41) is 0. The molecule has 2 aromatic rings. The van der Waals surface area contributed by atoms with Crippen molar-refractivity contribution in [2.24, 2.45) is 0 Å². The highest BCUT2D eigenvalue weighted by Gasteiger charge is 2.20. The number of hydrogen-bond acceptors (Lipinski definition) is 4. The maximum absolute atomic E-state index is 5.40. The predicted octanol–water partition coefficient (Wildman–Crippen LogP) is 2.67. The molecule has 0 saturated carbocycles. The van der Waals surface area contributed by atoms with E-state index < -0.39 is 0 Å². The Morgan fingerprint density at radius 2 is 2.15 bits per heavy atom. The number of aromatic amines is 1. The van der Waals surface area contributed by atoms with Crippen molar-refractivity contribution < 1.29 is 9.47 Å². The number of hydrogen-bond donors (Lipinski definition) is 1. The van der Waals surface area contributed by atoms with Crippen molar-refractivity contribution in [2.75, 3.05) is 13.3 Å². The zero-order chi connectivity index (χ0) is 13.5. The molecule has 20 heavy (non-hydrogen) atoms. The topological polar surface area (TPSA) is 50.4 Å². The van der Waals surface area contributed by atoms with Crippen LogP contribution in [0.3, 0.4) is 0 Å². The molecule has 106 valence electrons. The first-order valence-electron chi connectivity index (χ1n) is 7.32. The van der Waals surface area contributed by atoms with E-state index in [9.17, 15) is 0 Å². The van der Waals surface area contributed by atoms with Crippen LogP contribution in [0.15, 0.2) is 12.1 Å². The quantitative estimate of drug-likeness (QED) is 0.914. The Kier molecular flexibility index (Phi) is 2.80. The minimum atomic E-state index is 0.306. The first-order valence-corrected chi connectivity index (χ1v) is 7.32. The van der Waals surface area contributed by atoms with Crippen molar-refractivity contribution in [3.05, 3.63) is 18.0 Å². The second kappa shape index (κ2) is 4.66. The number of H-pyrrole nitrogens is 1. The highest BCUT2D eigenvalue weighted by atomic mass is 16.7. The number of aromatic nitrogens is 2. The number of nitrogens with one attached hydrogen (secondary N) is 1. The Bertz CT molecular complexity index is 596. The monoisotopic (exact) mass is 273 g/mol. The van der Waals surface area contributed by atoms with Crippen LogP contribution < -0.4 is 9.47 Å². The van der Waals surface area contributed by atoms with Gasteiger partial charge in [-0.25, -0.2) is 4.98 Å². The van der Waals surface area contributed by atoms with Gasteiger partial charge in [-0.1, -0.05) is 6.42 Å². The summed E-state index contributed by atoms with van der Waals surface area (Å²) in [7, 11) is 0. The van der Waals surface area contributed by atoms with E-state index in [1.54, 1.807) is 0 Å². The summed E-state index contributed by atoms with van der Waals surface area (Å²) >= 11 is 0. The predicted molar refractivity (Wildman–Crippen MR) is 75.9 cm³/mol. The second-order valence-electron chi connectivity index (χ2n) is 5.72. The summed E-state index contributed by atoms with van der Waals surface area (Å²) in [5.41, 5.74) is 1.97. The largest absolute Gasteiger partial charge is 0.454 e. The number of benzene rings is 1. The van der Waals surface area contributed by atoms with E-state index in [0.717, 1.165) is 34.9 Å². The van der Waals surface area contributed by atoms with Crippen LogP contribution in [0.4, 0.5) is 0 Å². The number of fused-ring (bicyclic) bond motifs is 2. The van der Waals surface area contributed by atoms with E-state index in [2.05, 4.69) is 21.8 Å². The molecule has 1 saturated heterocycles. The molecule has 1 aromatic carbocycles. The molecule has 5 heteroatoms. The fourth-order valence-corrected chi connectivity index (χ4v) is 3.11. The minimum absolute atomic E-state index is 0.306. The number of rotatable bonds is 2. The number of nitrogens with zero attached hydrogens (tertiary/aromatic N) is 2. The lowest BCUT2D eigenvalue weighted by atomic mass is 10.0. The van der Waals surface area contributed by atoms with Gasteiger partial charge in [0.1, 0.15) is 5.82 Å². The van der Waals surface area contributed by atoms with E-state index in [1.807, 2.05) is 12.1 Å². The SMILES string of the molecule is CC1CCCCN1Cc1nc2cc3c(cc2[nH]1)OCO3. The third-order valence-corrected chi connectivity index (χ3v) is 4.32. The molecule has 2 aliphatic rings. The lowest BCUT2D eigenvalue weighted by molar-refractivity contribution is 0.149. The molecule has 4 rings (SSSR count). The molecule has 1 fully saturated rings. The van der Waals surface area contributed by atoms with Crippen LogP contribution >= 0.6 is 0 Å². The van der Waals surface area contributed by atoms with Crippen molar-refractivity contribution >= 4 is 11.0 Å². The van der Waals surface area contributed by atoms with E-state index in [0.29, 0.717) is 12.8 Å². The summed E-state index contributed by atoms with van der Waals surface area (Å²) in [5.74, 6) is 2.62. The molecule has 3 heterocycles. The Balaban J connectivity index is 1.61. The summed E-state index contributed by atoms with van der Waals surface area (Å²) in [6.45, 7) is 4.67. The average Bonchev–Trinajstić information content (AvgIpc) is 3.03. The lowest BCUT2D eigenvalue weighted by Gasteiger charge is -2.32. The summed E-state index contributed by atoms with van der Waals surface area (Å²) in [4.78, 5) is 10.6. The fraction of sp³-hybridized carbons (Fsp3) is 0.533. The van der Waals surface area contributed by atoms with E-state index in [4.69, 9.17) is 9.47 Å². The smallest absolute Gasteiger partial charge is 0.231 e. The standard InChI is InChI=1S/C15H19N3O2/c1-10-4-2-3-5-18(10)8-15-16-11-6-13-14(20-9-19-13)7-12(11)17-15/h6-7,10H,2-5,8-9H2,1H3,(H,16,17). The molecule has 0 bridgehead atoms. The first-order chi connectivity index (χ1) is 9.79. The van der Waals surface area contributed by atoms with Gasteiger partial charge in [0.15, 0.2) is 11.5 Å². The fourth-order valence-electron chi connectivity index (χ4n) is 3.11. The van der Waals surface area contributed by atoms with Crippen LogP contribution in [0.2, 0.25) is 0 Å². The van der Waals surface area contributed by atoms with Gasteiger partial charge in [-0.2, -0.15) is 0 Å². The van der Waals surface area contributed by atoms with Gasteiger partial charge < -0.3 is 14.5 Å². The summed E-state index contributed by atoms with van der Waals surface area (Å²) < 4.78 is 10.8. The average molecular weight is 273 g/mol. The van der Waals surface area contributed by atoms with Crippen LogP contribution in [0.5, 0.6) is 11.5 Å². The molecular weight excluding hydrogens is 254 g/mol. The third-order valence-electron chi connectivity index (χ3n) is 4.32. The Hall–Kier alpha value is -1.75. The highest BCUT2D eigenvalue weighted by Crippen LogP contribution is 2.35. The Morgan fingerprint density at radius 3 is 3.00 bits per heavy atom. The second-order valence-corrected chi connectivity index (χ2v) is 5.72. The number of likely N-dealkylation sites (tertiary alicyclic amines) is 1. The zero-order valence-electron chi connectivity index (χ0n) is 11.7. The van der Waals surface area contributed by atoms with Crippen LogP contribution in [0.1, 0.15) is 32.0 Å². The lowest BCUT2D eigenvalue weighted by Crippen LogP contribution is -2.37. The molecule has 1 N–H and O–H groups in total. The van der Waals surface area contributed by atoms with Gasteiger partial charge in [0.2, 0.25) is 6.79 Å². The molecule has 0 spiro atoms. The highest BCUT2D eigenvalue weighted by molar-refractivity contribution is 5.80. The van der Waals surface area contributed by atoms with Crippen molar-refractivity contribution in [3.8, 4) is 11.5 Å². The first kappa shape index (κ1) is 12.0. The van der Waals surface area contributed by atoms with Crippen molar-refractivity contribution in [1.29, 1.82) is 0 Å². The maximum atomic E-state index is 5.40. The van der Waals surface area contributed by atoms with E-state index in [-0.39, 0.29) is 0 Å². The van der Waals surface area contributed by atoms with Crippen LogP contribution in [0.25, 0.3) is 11.0 Å². The van der Waals surface area contributed by atoms with E-state index in [1.165, 1.54) is 25.8 Å². The molecule has 1 unspecified atom stereocenters. The minimum Gasteiger partial charge on any atom is -0.454 e. The van der Waals surface area contributed by atoms with Gasteiger partial charge in [0.25, 0.3) is 0 Å². The van der Waals surface area contributed by atoms with Crippen LogP contribution in [0, 0.1) is 0 Å². The zero-order valence-corrected chi connectivity index (χ0v) is 11.7. The van der Waals surface area contributed by atoms with Crippen molar-refractivity contribution in [1.82, 2.24) is 14.9 Å². The molecule has 0 radical (unpaired) electrons. The van der Waals surface area contributed by atoms with Gasteiger partial charge >= 0.3 is 0 Å². The molecule has 2 aliphatic heterocycles. The van der Waals surface area contributed by atoms with Gasteiger partial charge in [-0.3, -0.25) is 4.90 Å². The molecule has 0 amide bonds. The summed E-state index contributed by atoms with van der Waals surface area (Å²) in [6, 6.07) is 4.58. The normalized spacial score (nSPS) is 22.6. The number of ether oxygens (including phenoxy) is 2. The van der Waals surface area contributed by atoms with Crippen LogP contribution in [-0.4, -0.2) is 34.2 Å². The van der Waals surface area contributed by atoms with Crippen molar-refractivity contribution in [2.45, 2.75) is 38.8 Å². The van der Waals surface area contributed by atoms with Gasteiger partial charge in [0.05, 0.1) is 17.6 Å². The van der Waals surface area contributed by atoms with Crippen molar-refractivity contribution in [3.63, 3.8) is 0 Å².